The van der Waals surface area contributed by atoms with E-state index in [0.29, 0.717) is 79.3 Å². The van der Waals surface area contributed by atoms with E-state index in [-0.39, 0.29) is 15.8 Å². The lowest BCUT2D eigenvalue weighted by atomic mass is 10.4. The Labute approximate surface area is 294 Å². The molecule has 2 atom stereocenters. The summed E-state index contributed by atoms with van der Waals surface area (Å²) in [6, 6.07) is 22.0. The summed E-state index contributed by atoms with van der Waals surface area (Å²) in [6.45, 7) is 14.7. The van der Waals surface area contributed by atoms with Crippen LogP contribution in [0.2, 0.25) is 0 Å². The molecule has 8 nitrogen and oxygen atoms in total. The van der Waals surface area contributed by atoms with E-state index >= 15 is 0 Å². The number of unbranched alkanes of at least 4 members (excludes halogenated alkanes) is 2. The number of benzene rings is 2. The Kier molecular flexibility index (Phi) is 29.8. The molecule has 0 fully saturated rings. The molecule has 0 N–H and O–H groups in total. The molecule has 2 aromatic carbocycles. The smallest absolute Gasteiger partial charge is 0.0701 e. The van der Waals surface area contributed by atoms with Crippen LogP contribution in [-0.4, -0.2) is 130 Å². The zero-order valence-electron chi connectivity index (χ0n) is 29.9. The van der Waals surface area contributed by atoms with Gasteiger partial charge in [-0.25, -0.2) is 0 Å². The monoisotopic (exact) mass is 710 g/mol. The maximum Gasteiger partial charge on any atom is 0.0701 e. The zero-order chi connectivity index (χ0) is 34.0. The molecule has 0 saturated heterocycles. The second-order valence-corrected chi connectivity index (χ2v) is 16.2. The maximum atomic E-state index is 6.01. The van der Waals surface area contributed by atoms with E-state index in [4.69, 9.17) is 37.9 Å². The molecule has 48 heavy (non-hydrogen) atoms. The van der Waals surface area contributed by atoms with Crippen LogP contribution in [-0.2, 0) is 37.9 Å². The second kappa shape index (κ2) is 33.1. The molecule has 0 bridgehead atoms. The largest absolute Gasteiger partial charge is 0.379 e. The summed E-state index contributed by atoms with van der Waals surface area (Å²) in [7, 11) is -0.638. The fourth-order valence-corrected chi connectivity index (χ4v) is 9.92. The Morgan fingerprint density at radius 2 is 0.604 bits per heavy atom. The van der Waals surface area contributed by atoms with Crippen molar-refractivity contribution in [1.82, 2.24) is 0 Å². The molecule has 0 aromatic heterocycles. The summed E-state index contributed by atoms with van der Waals surface area (Å²) in [5.41, 5.74) is 0. The standard InChI is InChI=1S/C38H64O8P2/c1-3-5-17-39-19-21-41-23-25-43-27-29-45-31-33-47(37-13-9-7-10-14-37)35-36-48(38-15-11-8-12-16-38)34-32-46-30-28-44-26-24-42-22-20-40-18-6-4-2/h7-16H,3-6,17-36H2,1-2H3. The van der Waals surface area contributed by atoms with Crippen molar-refractivity contribution < 1.29 is 37.9 Å². The van der Waals surface area contributed by atoms with Gasteiger partial charge in [0.25, 0.3) is 0 Å². The van der Waals surface area contributed by atoms with Gasteiger partial charge in [-0.1, -0.05) is 103 Å². The van der Waals surface area contributed by atoms with Crippen LogP contribution in [0, 0.1) is 0 Å². The predicted octanol–water partition coefficient (Wildman–Crippen LogP) is 6.33. The molecule has 10 heteroatoms. The molecular formula is C38H64O8P2. The lowest BCUT2D eigenvalue weighted by Gasteiger charge is -2.23. The van der Waals surface area contributed by atoms with E-state index in [2.05, 4.69) is 74.5 Å². The van der Waals surface area contributed by atoms with Crippen molar-refractivity contribution in [2.24, 2.45) is 0 Å². The molecule has 2 unspecified atom stereocenters. The fraction of sp³-hybridized carbons (Fsp3) is 0.684. The molecule has 0 spiro atoms. The lowest BCUT2D eigenvalue weighted by Crippen LogP contribution is -2.17. The SMILES string of the molecule is CCCCOCCOCCOCCOCCP(CCP(CCOCCOCCOCCOCCCC)c1ccccc1)c1ccccc1. The molecule has 0 saturated carbocycles. The third kappa shape index (κ3) is 24.2. The van der Waals surface area contributed by atoms with Crippen molar-refractivity contribution in [1.29, 1.82) is 0 Å². The summed E-state index contributed by atoms with van der Waals surface area (Å²) in [4.78, 5) is 0. The Bertz CT molecular complexity index is 852. The molecule has 2 rings (SSSR count). The van der Waals surface area contributed by atoms with Crippen molar-refractivity contribution in [2.45, 2.75) is 39.5 Å². The first-order chi connectivity index (χ1) is 23.8. The summed E-state index contributed by atoms with van der Waals surface area (Å²) in [6.07, 6.45) is 9.00. The highest BCUT2D eigenvalue weighted by molar-refractivity contribution is 7.69. The summed E-state index contributed by atoms with van der Waals surface area (Å²) in [5.74, 6) is 0. The first-order valence-corrected chi connectivity index (χ1v) is 21.5. The minimum Gasteiger partial charge on any atom is -0.379 e. The fourth-order valence-electron chi connectivity index (χ4n) is 4.62. The highest BCUT2D eigenvalue weighted by Crippen LogP contribution is 2.41. The van der Waals surface area contributed by atoms with E-state index in [1.807, 2.05) is 0 Å². The Hall–Kier alpha value is -1.02. The van der Waals surface area contributed by atoms with Crippen LogP contribution in [0.3, 0.4) is 0 Å². The highest BCUT2D eigenvalue weighted by atomic mass is 31.1. The van der Waals surface area contributed by atoms with Gasteiger partial charge in [0.15, 0.2) is 0 Å². The summed E-state index contributed by atoms with van der Waals surface area (Å²) < 4.78 is 45.5. The van der Waals surface area contributed by atoms with Gasteiger partial charge < -0.3 is 37.9 Å². The minimum atomic E-state index is -0.319. The lowest BCUT2D eigenvalue weighted by molar-refractivity contribution is -0.000533. The van der Waals surface area contributed by atoms with Crippen LogP contribution in [0.25, 0.3) is 0 Å². The van der Waals surface area contributed by atoms with Crippen molar-refractivity contribution in [3.63, 3.8) is 0 Å². The van der Waals surface area contributed by atoms with Gasteiger partial charge >= 0.3 is 0 Å². The van der Waals surface area contributed by atoms with Gasteiger partial charge in [0.2, 0.25) is 0 Å². The van der Waals surface area contributed by atoms with E-state index < -0.39 is 0 Å². The average Bonchev–Trinajstić information content (AvgIpc) is 3.12. The first kappa shape index (κ1) is 43.1. The van der Waals surface area contributed by atoms with Crippen molar-refractivity contribution >= 4 is 26.5 Å². The first-order valence-electron chi connectivity index (χ1n) is 18.1. The molecule has 274 valence electrons. The molecule has 0 radical (unpaired) electrons. The van der Waals surface area contributed by atoms with Crippen LogP contribution < -0.4 is 10.6 Å². The van der Waals surface area contributed by atoms with Gasteiger partial charge in [-0.3, -0.25) is 0 Å². The normalized spacial score (nSPS) is 12.8. The van der Waals surface area contributed by atoms with Gasteiger partial charge in [-0.2, -0.15) is 0 Å². The zero-order valence-corrected chi connectivity index (χ0v) is 31.7. The molecule has 0 heterocycles. The van der Waals surface area contributed by atoms with Gasteiger partial charge in [0.05, 0.1) is 92.5 Å². The van der Waals surface area contributed by atoms with Gasteiger partial charge in [-0.15, -0.1) is 0 Å². The van der Waals surface area contributed by atoms with Crippen molar-refractivity contribution in [3.8, 4) is 0 Å². The highest BCUT2D eigenvalue weighted by Gasteiger charge is 2.16. The van der Waals surface area contributed by atoms with Crippen LogP contribution in [0.15, 0.2) is 60.7 Å². The summed E-state index contributed by atoms with van der Waals surface area (Å²) >= 11 is 0. The summed E-state index contributed by atoms with van der Waals surface area (Å²) in [5, 5.41) is 2.90. The topological polar surface area (TPSA) is 73.8 Å². The predicted molar refractivity (Wildman–Crippen MR) is 202 cm³/mol. The molecule has 0 aliphatic rings. The number of ether oxygens (including phenoxy) is 8. The van der Waals surface area contributed by atoms with Gasteiger partial charge in [-0.05, 0) is 48.1 Å². The van der Waals surface area contributed by atoms with Gasteiger partial charge in [0.1, 0.15) is 0 Å². The van der Waals surface area contributed by atoms with Crippen molar-refractivity contribution in [2.75, 3.05) is 130 Å². The molecular weight excluding hydrogens is 646 g/mol. The third-order valence-corrected chi connectivity index (χ3v) is 12.8. The van der Waals surface area contributed by atoms with Crippen LogP contribution in [0.5, 0.6) is 0 Å². The Morgan fingerprint density at radius 3 is 0.896 bits per heavy atom. The van der Waals surface area contributed by atoms with E-state index in [0.717, 1.165) is 64.4 Å². The molecule has 0 amide bonds. The number of hydrogen-bond acceptors (Lipinski definition) is 8. The van der Waals surface area contributed by atoms with Crippen LogP contribution >= 0.6 is 15.8 Å². The third-order valence-electron chi connectivity index (χ3n) is 7.41. The molecule has 0 aliphatic heterocycles. The number of hydrogen-bond donors (Lipinski definition) is 0. The van der Waals surface area contributed by atoms with E-state index in [9.17, 15) is 0 Å². The Morgan fingerprint density at radius 1 is 0.333 bits per heavy atom. The maximum absolute atomic E-state index is 6.01. The Balaban J connectivity index is 1.63. The van der Waals surface area contributed by atoms with E-state index in [1.54, 1.807) is 0 Å². The van der Waals surface area contributed by atoms with Crippen LogP contribution in [0.4, 0.5) is 0 Å². The number of rotatable bonds is 35. The van der Waals surface area contributed by atoms with E-state index in [1.165, 1.54) is 22.9 Å². The molecule has 0 aliphatic carbocycles. The average molecular weight is 711 g/mol. The molecule has 2 aromatic rings. The quantitative estimate of drug-likeness (QED) is 0.0607. The second-order valence-electron chi connectivity index (χ2n) is 11.3. The van der Waals surface area contributed by atoms with Crippen LogP contribution in [0.1, 0.15) is 39.5 Å². The van der Waals surface area contributed by atoms with Gasteiger partial charge in [0, 0.05) is 13.2 Å². The van der Waals surface area contributed by atoms with Crippen molar-refractivity contribution in [3.05, 3.63) is 60.7 Å². The minimum absolute atomic E-state index is 0.319.